The summed E-state index contributed by atoms with van der Waals surface area (Å²) in [6.45, 7) is 7.71. The van der Waals surface area contributed by atoms with E-state index >= 15 is 0 Å². The van der Waals surface area contributed by atoms with E-state index in [0.29, 0.717) is 16.6 Å². The highest BCUT2D eigenvalue weighted by atomic mass is 79.9. The van der Waals surface area contributed by atoms with Crippen molar-refractivity contribution in [2.24, 2.45) is 0 Å². The highest BCUT2D eigenvalue weighted by molar-refractivity contribution is 9.10. The van der Waals surface area contributed by atoms with Gasteiger partial charge in [-0.25, -0.2) is 4.39 Å². The molecular formula is C15H20BrFN2. The highest BCUT2D eigenvalue weighted by Crippen LogP contribution is 2.33. The molecular weight excluding hydrogens is 307 g/mol. The zero-order chi connectivity index (χ0) is 13.6. The molecule has 2 nitrogen and oxygen atoms in total. The Balaban J connectivity index is 1.91. The van der Waals surface area contributed by atoms with Crippen LogP contribution in [0, 0.1) is 12.7 Å². The van der Waals surface area contributed by atoms with Gasteiger partial charge >= 0.3 is 0 Å². The third-order valence-electron chi connectivity index (χ3n) is 4.49. The fraction of sp³-hybridized carbons (Fsp3) is 0.600. The number of halogens is 2. The van der Waals surface area contributed by atoms with Gasteiger partial charge in [0.15, 0.2) is 0 Å². The fourth-order valence-electron chi connectivity index (χ4n) is 3.47. The number of anilines is 1. The molecule has 0 aromatic heterocycles. The summed E-state index contributed by atoms with van der Waals surface area (Å²) in [6.07, 6.45) is 2.61. The predicted octanol–water partition coefficient (Wildman–Crippen LogP) is 3.57. The summed E-state index contributed by atoms with van der Waals surface area (Å²) in [4.78, 5) is 5.06. The molecule has 1 aromatic rings. The molecule has 104 valence electrons. The number of hydrogen-bond donors (Lipinski definition) is 0. The molecule has 2 aliphatic heterocycles. The quantitative estimate of drug-likeness (QED) is 0.778. The Hall–Kier alpha value is -0.610. The summed E-state index contributed by atoms with van der Waals surface area (Å²) in [7, 11) is 0. The van der Waals surface area contributed by atoms with Crippen molar-refractivity contribution in [2.75, 3.05) is 24.5 Å². The van der Waals surface area contributed by atoms with Gasteiger partial charge in [0.2, 0.25) is 0 Å². The average molecular weight is 327 g/mol. The van der Waals surface area contributed by atoms with Crippen molar-refractivity contribution >= 4 is 21.6 Å². The average Bonchev–Trinajstić information content (AvgIpc) is 2.80. The Bertz CT molecular complexity index is 491. The maximum atomic E-state index is 13.6. The second-order valence-electron chi connectivity index (χ2n) is 5.85. The molecule has 0 radical (unpaired) electrons. The second-order valence-corrected chi connectivity index (χ2v) is 6.70. The van der Waals surface area contributed by atoms with Crippen molar-refractivity contribution in [3.63, 3.8) is 0 Å². The van der Waals surface area contributed by atoms with E-state index in [9.17, 15) is 4.39 Å². The van der Waals surface area contributed by atoms with Gasteiger partial charge in [-0.15, -0.1) is 0 Å². The minimum atomic E-state index is -0.173. The van der Waals surface area contributed by atoms with E-state index in [0.717, 1.165) is 18.7 Å². The maximum absolute atomic E-state index is 13.6. The van der Waals surface area contributed by atoms with Crippen molar-refractivity contribution in [2.45, 2.75) is 38.8 Å². The molecule has 2 saturated heterocycles. The minimum absolute atomic E-state index is 0.173. The molecule has 2 atom stereocenters. The first-order chi connectivity index (χ1) is 9.06. The highest BCUT2D eigenvalue weighted by Gasteiger charge is 2.34. The Morgan fingerprint density at radius 3 is 2.89 bits per heavy atom. The second kappa shape index (κ2) is 5.06. The van der Waals surface area contributed by atoms with Crippen LogP contribution >= 0.6 is 15.9 Å². The van der Waals surface area contributed by atoms with E-state index in [4.69, 9.17) is 0 Å². The maximum Gasteiger partial charge on any atom is 0.137 e. The van der Waals surface area contributed by atoms with Gasteiger partial charge in [0.05, 0.1) is 4.47 Å². The van der Waals surface area contributed by atoms with Crippen molar-refractivity contribution in [3.8, 4) is 0 Å². The van der Waals surface area contributed by atoms with Crippen LogP contribution in [0.1, 0.15) is 25.3 Å². The number of hydrogen-bond acceptors (Lipinski definition) is 2. The monoisotopic (exact) mass is 326 g/mol. The van der Waals surface area contributed by atoms with E-state index in [1.807, 2.05) is 13.0 Å². The number of benzene rings is 1. The van der Waals surface area contributed by atoms with Crippen LogP contribution in [0.3, 0.4) is 0 Å². The van der Waals surface area contributed by atoms with Gasteiger partial charge in [-0.05, 0) is 66.9 Å². The lowest BCUT2D eigenvalue weighted by Gasteiger charge is -2.44. The number of rotatable bonds is 1. The number of fused-ring (bicyclic) bond motifs is 1. The fourth-order valence-corrected chi connectivity index (χ4v) is 3.80. The summed E-state index contributed by atoms with van der Waals surface area (Å²) in [5.74, 6) is -0.173. The number of aryl methyl sites for hydroxylation is 1. The molecule has 0 amide bonds. The van der Waals surface area contributed by atoms with E-state index in [-0.39, 0.29) is 5.82 Å². The topological polar surface area (TPSA) is 6.48 Å². The van der Waals surface area contributed by atoms with Crippen LogP contribution in [0.25, 0.3) is 0 Å². The molecule has 2 fully saturated rings. The summed E-state index contributed by atoms with van der Waals surface area (Å²) < 4.78 is 14.1. The first-order valence-electron chi connectivity index (χ1n) is 7.02. The summed E-state index contributed by atoms with van der Waals surface area (Å²) >= 11 is 3.31. The molecule has 0 bridgehead atoms. The molecule has 0 saturated carbocycles. The van der Waals surface area contributed by atoms with Gasteiger partial charge < -0.3 is 4.90 Å². The smallest absolute Gasteiger partial charge is 0.137 e. The SMILES string of the molecule is Cc1cc(F)c(Br)cc1N1CC2CCCN2CC1C. The van der Waals surface area contributed by atoms with Gasteiger partial charge in [0.1, 0.15) is 5.82 Å². The first kappa shape index (κ1) is 13.4. The van der Waals surface area contributed by atoms with Crippen LogP contribution in [0.4, 0.5) is 10.1 Å². The number of piperazine rings is 1. The van der Waals surface area contributed by atoms with Crippen molar-refractivity contribution in [3.05, 3.63) is 28.0 Å². The van der Waals surface area contributed by atoms with Crippen LogP contribution in [0.2, 0.25) is 0 Å². The van der Waals surface area contributed by atoms with Gasteiger partial charge in [-0.1, -0.05) is 0 Å². The third kappa shape index (κ3) is 2.40. The lowest BCUT2D eigenvalue weighted by atomic mass is 10.0. The first-order valence-corrected chi connectivity index (χ1v) is 7.82. The standard InChI is InChI=1S/C15H20BrFN2/c1-10-6-14(17)13(16)7-15(10)19-9-12-4-3-5-18(12)8-11(19)2/h6-7,11-12H,3-5,8-9H2,1-2H3. The Morgan fingerprint density at radius 2 is 2.11 bits per heavy atom. The Kier molecular flexibility index (Phi) is 3.56. The Morgan fingerprint density at radius 1 is 1.32 bits per heavy atom. The third-order valence-corrected chi connectivity index (χ3v) is 5.09. The van der Waals surface area contributed by atoms with E-state index < -0.39 is 0 Å². The van der Waals surface area contributed by atoms with Crippen LogP contribution < -0.4 is 4.90 Å². The van der Waals surface area contributed by atoms with Crippen LogP contribution in [-0.4, -0.2) is 36.6 Å². The minimum Gasteiger partial charge on any atom is -0.366 e. The normalized spacial score (nSPS) is 27.7. The molecule has 2 aliphatic rings. The van der Waals surface area contributed by atoms with Gasteiger partial charge in [0, 0.05) is 30.9 Å². The van der Waals surface area contributed by atoms with E-state index in [1.54, 1.807) is 6.07 Å². The van der Waals surface area contributed by atoms with Crippen molar-refractivity contribution in [1.82, 2.24) is 4.90 Å². The number of nitrogens with zero attached hydrogens (tertiary/aromatic N) is 2. The lowest BCUT2D eigenvalue weighted by Crippen LogP contribution is -2.55. The van der Waals surface area contributed by atoms with Crippen LogP contribution in [0.5, 0.6) is 0 Å². The molecule has 19 heavy (non-hydrogen) atoms. The lowest BCUT2D eigenvalue weighted by molar-refractivity contribution is 0.203. The van der Waals surface area contributed by atoms with Gasteiger partial charge in [-0.3, -0.25) is 4.90 Å². The molecule has 4 heteroatoms. The summed E-state index contributed by atoms with van der Waals surface area (Å²) in [5.41, 5.74) is 2.20. The molecule has 0 N–H and O–H groups in total. The molecule has 1 aromatic carbocycles. The van der Waals surface area contributed by atoms with Crippen LogP contribution in [-0.2, 0) is 0 Å². The van der Waals surface area contributed by atoms with E-state index in [1.165, 1.54) is 25.1 Å². The molecule has 0 spiro atoms. The summed E-state index contributed by atoms with van der Waals surface area (Å²) in [5, 5.41) is 0. The molecule has 2 unspecified atom stereocenters. The van der Waals surface area contributed by atoms with Crippen LogP contribution in [0.15, 0.2) is 16.6 Å². The van der Waals surface area contributed by atoms with Crippen molar-refractivity contribution in [1.29, 1.82) is 0 Å². The molecule has 3 rings (SSSR count). The zero-order valence-electron chi connectivity index (χ0n) is 11.5. The van der Waals surface area contributed by atoms with Gasteiger partial charge in [-0.2, -0.15) is 0 Å². The Labute approximate surface area is 122 Å². The summed E-state index contributed by atoms with van der Waals surface area (Å²) in [6, 6.07) is 4.74. The zero-order valence-corrected chi connectivity index (χ0v) is 13.1. The van der Waals surface area contributed by atoms with Gasteiger partial charge in [0.25, 0.3) is 0 Å². The van der Waals surface area contributed by atoms with Crippen molar-refractivity contribution < 1.29 is 4.39 Å². The molecule has 0 aliphatic carbocycles. The van der Waals surface area contributed by atoms with E-state index in [2.05, 4.69) is 32.7 Å². The largest absolute Gasteiger partial charge is 0.366 e. The molecule has 2 heterocycles. The predicted molar refractivity (Wildman–Crippen MR) is 80.2 cm³/mol.